The molecule has 0 aromatic heterocycles. The van der Waals surface area contributed by atoms with Crippen LogP contribution in [-0.4, -0.2) is 48.3 Å². The standard InChI is InChI=1S/C22H27NO3/c1-15-11-17-12-21(16-5-3-2-4-6-16)13-18(20(15)25)22(17,14-19(21)24)23-7-9-26-10-8-23/h2-6,15,17-18H,7-14H2,1H3/t15-,17+,18+,21-,22-/m1/s1. The van der Waals surface area contributed by atoms with Crippen molar-refractivity contribution in [3.8, 4) is 0 Å². The fourth-order valence-electron chi connectivity index (χ4n) is 6.66. The molecule has 138 valence electrons. The summed E-state index contributed by atoms with van der Waals surface area (Å²) in [5.74, 6) is 1.28. The number of carbonyl (C=O) groups is 2. The number of ketones is 2. The molecule has 1 heterocycles. The first-order chi connectivity index (χ1) is 12.6. The number of ether oxygens (including phenoxy) is 1. The third kappa shape index (κ3) is 2.03. The van der Waals surface area contributed by atoms with Crippen molar-refractivity contribution in [1.82, 2.24) is 4.90 Å². The van der Waals surface area contributed by atoms with Crippen LogP contribution in [0, 0.1) is 17.8 Å². The first kappa shape index (κ1) is 16.6. The molecule has 4 nitrogen and oxygen atoms in total. The lowest BCUT2D eigenvalue weighted by atomic mass is 9.41. The summed E-state index contributed by atoms with van der Waals surface area (Å²) in [6, 6.07) is 10.2. The van der Waals surface area contributed by atoms with Crippen LogP contribution in [0.2, 0.25) is 0 Å². The third-order valence-corrected chi connectivity index (χ3v) is 7.83. The minimum atomic E-state index is -0.444. The van der Waals surface area contributed by atoms with E-state index in [1.165, 1.54) is 0 Å². The second-order valence-corrected chi connectivity index (χ2v) is 8.84. The second-order valence-electron chi connectivity index (χ2n) is 8.84. The number of nitrogens with zero attached hydrogens (tertiary/aromatic N) is 1. The summed E-state index contributed by atoms with van der Waals surface area (Å²) >= 11 is 0. The van der Waals surface area contributed by atoms with Crippen molar-refractivity contribution in [3.05, 3.63) is 35.9 Å². The smallest absolute Gasteiger partial charge is 0.145 e. The monoisotopic (exact) mass is 353 g/mol. The number of morpholine rings is 1. The van der Waals surface area contributed by atoms with E-state index in [-0.39, 0.29) is 17.4 Å². The molecule has 6 rings (SSSR count). The van der Waals surface area contributed by atoms with E-state index in [1.54, 1.807) is 0 Å². The highest BCUT2D eigenvalue weighted by Crippen LogP contribution is 2.63. The Labute approximate surface area is 154 Å². The van der Waals surface area contributed by atoms with Gasteiger partial charge in [-0.25, -0.2) is 0 Å². The number of hydrogen-bond acceptors (Lipinski definition) is 4. The van der Waals surface area contributed by atoms with E-state index in [1.807, 2.05) is 18.2 Å². The van der Waals surface area contributed by atoms with Crippen molar-refractivity contribution in [1.29, 1.82) is 0 Å². The zero-order valence-corrected chi connectivity index (χ0v) is 15.4. The lowest BCUT2D eigenvalue weighted by Crippen LogP contribution is -2.75. The normalized spacial score (nSPS) is 42.9. The van der Waals surface area contributed by atoms with Crippen molar-refractivity contribution < 1.29 is 14.3 Å². The maximum absolute atomic E-state index is 13.5. The largest absolute Gasteiger partial charge is 0.379 e. The van der Waals surface area contributed by atoms with Crippen LogP contribution in [0.3, 0.4) is 0 Å². The van der Waals surface area contributed by atoms with E-state index >= 15 is 0 Å². The molecule has 5 atom stereocenters. The molecule has 4 aliphatic carbocycles. The Kier molecular flexibility index (Phi) is 3.67. The number of carbonyl (C=O) groups excluding carboxylic acids is 2. The van der Waals surface area contributed by atoms with E-state index in [0.717, 1.165) is 31.5 Å². The lowest BCUT2D eigenvalue weighted by Gasteiger charge is -2.67. The first-order valence-corrected chi connectivity index (χ1v) is 10.0. The number of fused-ring (bicyclic) bond motifs is 1. The molecule has 5 fully saturated rings. The lowest BCUT2D eigenvalue weighted by molar-refractivity contribution is -0.183. The zero-order valence-electron chi connectivity index (χ0n) is 15.4. The summed E-state index contributed by atoms with van der Waals surface area (Å²) in [4.78, 5) is 29.2. The summed E-state index contributed by atoms with van der Waals surface area (Å²) in [7, 11) is 0. The average molecular weight is 353 g/mol. The molecule has 1 saturated heterocycles. The quantitative estimate of drug-likeness (QED) is 0.820. The number of rotatable bonds is 2. The van der Waals surface area contributed by atoms with Gasteiger partial charge in [0.15, 0.2) is 0 Å². The minimum Gasteiger partial charge on any atom is -0.379 e. The van der Waals surface area contributed by atoms with Gasteiger partial charge in [-0.2, -0.15) is 0 Å². The van der Waals surface area contributed by atoms with Gasteiger partial charge < -0.3 is 4.74 Å². The molecule has 4 bridgehead atoms. The van der Waals surface area contributed by atoms with Gasteiger partial charge in [-0.1, -0.05) is 37.3 Å². The summed E-state index contributed by atoms with van der Waals surface area (Å²) in [5.41, 5.74) is 0.430. The summed E-state index contributed by atoms with van der Waals surface area (Å²) in [6.45, 7) is 5.21. The van der Waals surface area contributed by atoms with E-state index < -0.39 is 5.41 Å². The van der Waals surface area contributed by atoms with Gasteiger partial charge in [-0.3, -0.25) is 14.5 Å². The molecule has 4 saturated carbocycles. The van der Waals surface area contributed by atoms with Gasteiger partial charge in [0.25, 0.3) is 0 Å². The van der Waals surface area contributed by atoms with E-state index in [2.05, 4.69) is 24.0 Å². The molecular formula is C22H27NO3. The van der Waals surface area contributed by atoms with Gasteiger partial charge in [-0.15, -0.1) is 0 Å². The number of benzene rings is 1. The topological polar surface area (TPSA) is 46.6 Å². The van der Waals surface area contributed by atoms with Gasteiger partial charge >= 0.3 is 0 Å². The SMILES string of the molecule is C[C@@H]1C[C@H]2C[C@]3(c4ccccc4)C[C@@H](C1=O)[C@@]2(N1CCOCC1)CC3=O. The Morgan fingerprint density at radius 1 is 1.08 bits per heavy atom. The van der Waals surface area contributed by atoms with Crippen LogP contribution in [0.1, 0.15) is 38.2 Å². The molecule has 0 radical (unpaired) electrons. The fraction of sp³-hybridized carbons (Fsp3) is 0.636. The predicted octanol–water partition coefficient (Wildman–Crippen LogP) is 2.60. The van der Waals surface area contributed by atoms with Gasteiger partial charge in [0.2, 0.25) is 0 Å². The molecule has 26 heavy (non-hydrogen) atoms. The van der Waals surface area contributed by atoms with Crippen LogP contribution >= 0.6 is 0 Å². The second kappa shape index (κ2) is 5.74. The Bertz CT molecular complexity index is 741. The van der Waals surface area contributed by atoms with Gasteiger partial charge in [0, 0.05) is 36.9 Å². The van der Waals surface area contributed by atoms with Crippen molar-refractivity contribution in [3.63, 3.8) is 0 Å². The Morgan fingerprint density at radius 2 is 1.81 bits per heavy atom. The van der Waals surface area contributed by atoms with E-state index in [4.69, 9.17) is 4.74 Å². The number of Topliss-reactive ketones (excluding diaryl/α,β-unsaturated/α-hetero) is 2. The van der Waals surface area contributed by atoms with Crippen LogP contribution < -0.4 is 0 Å². The van der Waals surface area contributed by atoms with Gasteiger partial charge in [0.05, 0.1) is 18.6 Å². The van der Waals surface area contributed by atoms with Crippen LogP contribution in [0.15, 0.2) is 30.3 Å². The summed E-state index contributed by atoms with van der Waals surface area (Å²) in [6.07, 6.45) is 3.07. The Hall–Kier alpha value is -1.52. The summed E-state index contributed by atoms with van der Waals surface area (Å²) in [5, 5.41) is 0. The predicted molar refractivity (Wildman–Crippen MR) is 97.9 cm³/mol. The van der Waals surface area contributed by atoms with Crippen LogP contribution in [0.4, 0.5) is 0 Å². The Morgan fingerprint density at radius 3 is 2.54 bits per heavy atom. The fourth-order valence-corrected chi connectivity index (χ4v) is 6.66. The van der Waals surface area contributed by atoms with E-state index in [0.29, 0.717) is 43.5 Å². The number of hydrogen-bond donors (Lipinski definition) is 0. The van der Waals surface area contributed by atoms with E-state index in [9.17, 15) is 9.59 Å². The first-order valence-electron chi connectivity index (χ1n) is 10.0. The molecule has 0 amide bonds. The zero-order chi connectivity index (χ0) is 17.9. The highest BCUT2D eigenvalue weighted by molar-refractivity contribution is 5.98. The summed E-state index contributed by atoms with van der Waals surface area (Å²) < 4.78 is 5.57. The highest BCUT2D eigenvalue weighted by atomic mass is 16.5. The molecule has 5 aliphatic rings. The van der Waals surface area contributed by atoms with Gasteiger partial charge in [-0.05, 0) is 30.7 Å². The van der Waals surface area contributed by atoms with Crippen molar-refractivity contribution >= 4 is 11.6 Å². The maximum atomic E-state index is 13.5. The molecule has 4 heteroatoms. The maximum Gasteiger partial charge on any atom is 0.145 e. The van der Waals surface area contributed by atoms with Crippen molar-refractivity contribution in [2.45, 2.75) is 43.6 Å². The minimum absolute atomic E-state index is 0.0130. The average Bonchev–Trinajstić information content (AvgIpc) is 2.68. The van der Waals surface area contributed by atoms with Crippen LogP contribution in [0.5, 0.6) is 0 Å². The van der Waals surface area contributed by atoms with Crippen LogP contribution in [-0.2, 0) is 19.7 Å². The molecule has 1 aromatic carbocycles. The third-order valence-electron chi connectivity index (χ3n) is 7.83. The van der Waals surface area contributed by atoms with Crippen molar-refractivity contribution in [2.24, 2.45) is 17.8 Å². The molecular weight excluding hydrogens is 326 g/mol. The molecule has 0 spiro atoms. The van der Waals surface area contributed by atoms with Crippen LogP contribution in [0.25, 0.3) is 0 Å². The molecule has 0 unspecified atom stereocenters. The highest BCUT2D eigenvalue weighted by Gasteiger charge is 2.69. The molecule has 1 aromatic rings. The Balaban J connectivity index is 1.62. The van der Waals surface area contributed by atoms with Crippen molar-refractivity contribution in [2.75, 3.05) is 26.3 Å². The van der Waals surface area contributed by atoms with Gasteiger partial charge in [0.1, 0.15) is 11.6 Å². The molecule has 0 N–H and O–H groups in total. The molecule has 1 aliphatic heterocycles.